The summed E-state index contributed by atoms with van der Waals surface area (Å²) in [5, 5.41) is 20.1. The topological polar surface area (TPSA) is 57.5 Å². The Morgan fingerprint density at radius 2 is 2.00 bits per heavy atom. The Balaban J connectivity index is 2.92. The highest BCUT2D eigenvalue weighted by Crippen LogP contribution is 2.13. The summed E-state index contributed by atoms with van der Waals surface area (Å²) in [5.41, 5.74) is 0.407. The van der Waals surface area contributed by atoms with Gasteiger partial charge in [-0.2, -0.15) is 0 Å². The molecule has 0 aromatic heterocycles. The van der Waals surface area contributed by atoms with Gasteiger partial charge in [0.05, 0.1) is 5.57 Å². The average Bonchev–Trinajstić information content (AvgIpc) is 2.19. The van der Waals surface area contributed by atoms with Gasteiger partial charge in [0.1, 0.15) is 6.10 Å². The van der Waals surface area contributed by atoms with E-state index in [-0.39, 0.29) is 5.57 Å². The Bertz CT molecular complexity index is 554. The molecule has 0 radical (unpaired) electrons. The van der Waals surface area contributed by atoms with Gasteiger partial charge in [-0.05, 0) is 22.1 Å². The lowest BCUT2D eigenvalue weighted by Gasteiger charge is -2.16. The highest BCUT2D eigenvalue weighted by atomic mass is 16.4. The molecule has 2 rings (SSSR count). The zero-order valence-corrected chi connectivity index (χ0v) is 7.97. The van der Waals surface area contributed by atoms with Crippen LogP contribution in [0, 0.1) is 0 Å². The van der Waals surface area contributed by atoms with Gasteiger partial charge in [-0.25, -0.2) is 4.79 Å². The fraction of sp³-hybridized carbons (Fsp3) is 0.0833. The number of benzene rings is 1. The third-order valence-electron chi connectivity index (χ3n) is 2.45. The number of hydrogen-bond donors (Lipinski definition) is 2. The van der Waals surface area contributed by atoms with Crippen LogP contribution in [0.1, 0.15) is 0 Å². The zero-order chi connectivity index (χ0) is 11.0. The number of carboxylic acids is 1. The molecule has 1 atom stereocenters. The van der Waals surface area contributed by atoms with Crippen LogP contribution < -0.4 is 10.4 Å². The normalized spacial score (nSPS) is 19.4. The van der Waals surface area contributed by atoms with E-state index in [9.17, 15) is 9.90 Å². The fourth-order valence-electron chi connectivity index (χ4n) is 1.71. The van der Waals surface area contributed by atoms with E-state index in [1.807, 2.05) is 6.07 Å². The third-order valence-corrected chi connectivity index (χ3v) is 2.45. The maximum atomic E-state index is 11.0. The van der Waals surface area contributed by atoms with E-state index in [0.29, 0.717) is 10.8 Å². The number of aliphatic hydroxyl groups is 1. The first kappa shape index (κ1) is 9.68. The van der Waals surface area contributed by atoms with Gasteiger partial charge in [-0.1, -0.05) is 30.8 Å². The molecule has 0 bridgehead atoms. The first-order chi connectivity index (χ1) is 7.11. The monoisotopic (exact) mass is 202 g/mol. The van der Waals surface area contributed by atoms with Crippen LogP contribution in [-0.4, -0.2) is 22.3 Å². The number of fused-ring (bicyclic) bond motifs is 1. The lowest BCUT2D eigenvalue weighted by atomic mass is 9.94. The molecule has 0 fully saturated rings. The standard InChI is InChI=1S/C12H10O3/c1-7-6-8-4-2-3-5-9(8)10(11(7)13)12(14)15/h2-6,11,13H,1H2,(H,14,15). The Morgan fingerprint density at radius 1 is 1.33 bits per heavy atom. The maximum Gasteiger partial charge on any atom is 0.335 e. The maximum absolute atomic E-state index is 11.0. The van der Waals surface area contributed by atoms with Crippen LogP contribution in [0.4, 0.5) is 0 Å². The zero-order valence-electron chi connectivity index (χ0n) is 7.97. The number of hydrogen-bond acceptors (Lipinski definition) is 2. The molecule has 1 aromatic rings. The van der Waals surface area contributed by atoms with Crippen molar-refractivity contribution in [3.8, 4) is 0 Å². The van der Waals surface area contributed by atoms with Crippen molar-refractivity contribution in [2.75, 3.05) is 0 Å². The van der Waals surface area contributed by atoms with Gasteiger partial charge in [-0.15, -0.1) is 0 Å². The number of aliphatic carboxylic acids is 1. The van der Waals surface area contributed by atoms with E-state index in [2.05, 4.69) is 6.58 Å². The molecule has 3 nitrogen and oxygen atoms in total. The minimum atomic E-state index is -1.11. The average molecular weight is 202 g/mol. The van der Waals surface area contributed by atoms with Crippen molar-refractivity contribution >= 4 is 17.6 Å². The third kappa shape index (κ3) is 1.47. The molecule has 2 N–H and O–H groups in total. The molecule has 0 heterocycles. The second kappa shape index (κ2) is 3.37. The number of aliphatic hydroxyl groups excluding tert-OH is 1. The van der Waals surface area contributed by atoms with Crippen molar-refractivity contribution in [3.05, 3.63) is 46.9 Å². The summed E-state index contributed by atoms with van der Waals surface area (Å²) in [7, 11) is 0. The van der Waals surface area contributed by atoms with Gasteiger partial charge >= 0.3 is 5.97 Å². The molecule has 0 amide bonds. The Labute approximate surface area is 86.3 Å². The highest BCUT2D eigenvalue weighted by molar-refractivity contribution is 6.11. The van der Waals surface area contributed by atoms with Crippen LogP contribution in [0.15, 0.2) is 36.4 Å². The minimum absolute atomic E-state index is 0.00176. The molecule has 1 aliphatic rings. The molecule has 3 heteroatoms. The van der Waals surface area contributed by atoms with Crippen molar-refractivity contribution in [2.24, 2.45) is 0 Å². The van der Waals surface area contributed by atoms with Crippen molar-refractivity contribution in [3.63, 3.8) is 0 Å². The molecule has 0 saturated heterocycles. The predicted molar refractivity (Wildman–Crippen MR) is 56.3 cm³/mol. The summed E-state index contributed by atoms with van der Waals surface area (Å²) in [6.45, 7) is 3.64. The summed E-state index contributed by atoms with van der Waals surface area (Å²) >= 11 is 0. The van der Waals surface area contributed by atoms with Gasteiger partial charge in [0.25, 0.3) is 0 Å². The van der Waals surface area contributed by atoms with Crippen LogP contribution in [0.3, 0.4) is 0 Å². The van der Waals surface area contributed by atoms with Gasteiger partial charge < -0.3 is 10.2 Å². The molecule has 76 valence electrons. The lowest BCUT2D eigenvalue weighted by molar-refractivity contribution is -0.131. The van der Waals surface area contributed by atoms with Gasteiger partial charge in [0.2, 0.25) is 0 Å². The summed E-state index contributed by atoms with van der Waals surface area (Å²) in [6.07, 6.45) is 0.587. The van der Waals surface area contributed by atoms with Crippen LogP contribution in [-0.2, 0) is 4.79 Å². The number of carboxylic acid groups (broad SMARTS) is 1. The Morgan fingerprint density at radius 3 is 2.67 bits per heavy atom. The molecule has 1 aromatic carbocycles. The molecule has 0 saturated carbocycles. The summed E-state index contributed by atoms with van der Waals surface area (Å²) in [6, 6.07) is 7.05. The highest BCUT2D eigenvalue weighted by Gasteiger charge is 2.23. The second-order valence-corrected chi connectivity index (χ2v) is 3.43. The van der Waals surface area contributed by atoms with Crippen LogP contribution in [0.5, 0.6) is 0 Å². The molecule has 1 aliphatic carbocycles. The molecule has 1 unspecified atom stereocenters. The fourth-order valence-corrected chi connectivity index (χ4v) is 1.71. The summed E-state index contributed by atoms with van der Waals surface area (Å²) in [5.74, 6) is -1.11. The predicted octanol–water partition coefficient (Wildman–Crippen LogP) is -0.367. The first-order valence-electron chi connectivity index (χ1n) is 4.52. The van der Waals surface area contributed by atoms with E-state index >= 15 is 0 Å². The Hall–Kier alpha value is -1.87. The number of carbonyl (C=O) groups is 1. The van der Waals surface area contributed by atoms with Crippen molar-refractivity contribution in [2.45, 2.75) is 6.10 Å². The van der Waals surface area contributed by atoms with Crippen molar-refractivity contribution in [1.29, 1.82) is 0 Å². The van der Waals surface area contributed by atoms with E-state index in [1.54, 1.807) is 24.3 Å². The first-order valence-corrected chi connectivity index (χ1v) is 4.52. The summed E-state index contributed by atoms with van der Waals surface area (Å²) < 4.78 is 0. The quantitative estimate of drug-likeness (QED) is 0.653. The SMILES string of the molecule is C=C1C=c2ccccc2=C(C(=O)O)C1O. The van der Waals surface area contributed by atoms with E-state index < -0.39 is 12.1 Å². The number of rotatable bonds is 1. The lowest BCUT2D eigenvalue weighted by Crippen LogP contribution is -2.38. The van der Waals surface area contributed by atoms with E-state index in [4.69, 9.17) is 5.11 Å². The van der Waals surface area contributed by atoms with Crippen molar-refractivity contribution < 1.29 is 15.0 Å². The van der Waals surface area contributed by atoms with Crippen LogP contribution >= 0.6 is 0 Å². The molecule has 15 heavy (non-hydrogen) atoms. The molecule has 0 spiro atoms. The second-order valence-electron chi connectivity index (χ2n) is 3.43. The smallest absolute Gasteiger partial charge is 0.335 e. The summed E-state index contributed by atoms with van der Waals surface area (Å²) in [4.78, 5) is 11.0. The minimum Gasteiger partial charge on any atom is -0.478 e. The Kier molecular flexibility index (Phi) is 2.17. The van der Waals surface area contributed by atoms with Gasteiger partial charge in [0.15, 0.2) is 0 Å². The largest absolute Gasteiger partial charge is 0.478 e. The van der Waals surface area contributed by atoms with Crippen LogP contribution in [0.25, 0.3) is 11.6 Å². The van der Waals surface area contributed by atoms with E-state index in [1.165, 1.54) is 0 Å². The molecular weight excluding hydrogens is 192 g/mol. The molecule has 0 aliphatic heterocycles. The molecular formula is C12H10O3. The van der Waals surface area contributed by atoms with E-state index in [0.717, 1.165) is 5.22 Å². The van der Waals surface area contributed by atoms with Crippen molar-refractivity contribution in [1.82, 2.24) is 0 Å². The van der Waals surface area contributed by atoms with Gasteiger partial charge in [-0.3, -0.25) is 0 Å². The van der Waals surface area contributed by atoms with Gasteiger partial charge in [0, 0.05) is 0 Å². The van der Waals surface area contributed by atoms with Crippen LogP contribution in [0.2, 0.25) is 0 Å².